The van der Waals surface area contributed by atoms with Crippen LogP contribution in [0.4, 0.5) is 0 Å². The van der Waals surface area contributed by atoms with Crippen molar-refractivity contribution in [2.75, 3.05) is 0 Å². The number of amides is 2. The second-order valence-electron chi connectivity index (χ2n) is 10.7. The summed E-state index contributed by atoms with van der Waals surface area (Å²) >= 11 is 0. The summed E-state index contributed by atoms with van der Waals surface area (Å²) in [6, 6.07) is 9.32. The molecule has 176 valence electrons. The van der Waals surface area contributed by atoms with Gasteiger partial charge in [0, 0.05) is 24.8 Å². The molecule has 2 saturated carbocycles. The SMILES string of the molecule is CC(C)(C)OC(=O)[C@H]1Cc2ccccc2CN1C(=O)[C@@H]1CCCC[C@H]1C(=O)NC1(C#N)CC1. The molecule has 3 aliphatic rings. The Labute approximate surface area is 195 Å². The first-order valence-electron chi connectivity index (χ1n) is 12.0. The lowest BCUT2D eigenvalue weighted by molar-refractivity contribution is -0.167. The van der Waals surface area contributed by atoms with E-state index in [1.807, 2.05) is 45.0 Å². The van der Waals surface area contributed by atoms with Crippen molar-refractivity contribution < 1.29 is 19.1 Å². The van der Waals surface area contributed by atoms with E-state index in [2.05, 4.69) is 11.4 Å². The Balaban J connectivity index is 1.59. The average molecular weight is 452 g/mol. The Morgan fingerprint density at radius 1 is 1.09 bits per heavy atom. The standard InChI is InChI=1S/C26H33N3O4/c1-25(2,3)33-24(32)21-14-17-8-4-5-9-18(17)15-29(21)23(31)20-11-7-6-10-19(20)22(30)28-26(16-27)12-13-26/h4-5,8-9,19-21H,6-7,10-15H2,1-3H3,(H,28,30)/t19-,20-,21-/m1/s1. The topological polar surface area (TPSA) is 99.5 Å². The van der Waals surface area contributed by atoms with Crippen molar-refractivity contribution >= 4 is 17.8 Å². The normalized spacial score (nSPS) is 25.9. The molecule has 0 unspecified atom stereocenters. The fourth-order valence-corrected chi connectivity index (χ4v) is 5.01. The highest BCUT2D eigenvalue weighted by Crippen LogP contribution is 2.38. The van der Waals surface area contributed by atoms with Gasteiger partial charge in [-0.1, -0.05) is 37.1 Å². The third-order valence-electron chi connectivity index (χ3n) is 6.96. The van der Waals surface area contributed by atoms with Gasteiger partial charge in [0.15, 0.2) is 0 Å². The molecule has 0 saturated heterocycles. The third kappa shape index (κ3) is 5.05. The number of nitriles is 1. The van der Waals surface area contributed by atoms with E-state index in [1.165, 1.54) is 0 Å². The minimum absolute atomic E-state index is 0.165. The maximum absolute atomic E-state index is 13.9. The number of esters is 1. The van der Waals surface area contributed by atoms with E-state index in [1.54, 1.807) is 4.90 Å². The van der Waals surface area contributed by atoms with E-state index >= 15 is 0 Å². The lowest BCUT2D eigenvalue weighted by Crippen LogP contribution is -2.54. The summed E-state index contributed by atoms with van der Waals surface area (Å²) < 4.78 is 5.67. The van der Waals surface area contributed by atoms with Gasteiger partial charge < -0.3 is 15.0 Å². The second kappa shape index (κ2) is 8.81. The lowest BCUT2D eigenvalue weighted by Gasteiger charge is -2.40. The molecule has 1 aliphatic heterocycles. The molecular formula is C26H33N3O4. The summed E-state index contributed by atoms with van der Waals surface area (Å²) in [4.78, 5) is 41.7. The van der Waals surface area contributed by atoms with Gasteiger partial charge in [0.1, 0.15) is 17.2 Å². The fraction of sp³-hybridized carbons (Fsp3) is 0.615. The predicted molar refractivity (Wildman–Crippen MR) is 121 cm³/mol. The summed E-state index contributed by atoms with van der Waals surface area (Å²) in [6.45, 7) is 5.78. The maximum atomic E-state index is 13.9. The van der Waals surface area contributed by atoms with Gasteiger partial charge in [0.25, 0.3) is 0 Å². The van der Waals surface area contributed by atoms with Crippen molar-refractivity contribution in [1.29, 1.82) is 5.26 Å². The molecule has 1 aromatic rings. The molecule has 2 amide bonds. The van der Waals surface area contributed by atoms with Gasteiger partial charge in [-0.05, 0) is 57.6 Å². The first kappa shape index (κ1) is 23.3. The van der Waals surface area contributed by atoms with Crippen molar-refractivity contribution in [3.63, 3.8) is 0 Å². The number of hydrogen-bond acceptors (Lipinski definition) is 5. The molecule has 3 atom stereocenters. The molecule has 4 rings (SSSR count). The summed E-state index contributed by atoms with van der Waals surface area (Å²) in [6.07, 6.45) is 4.68. The van der Waals surface area contributed by atoms with Crippen molar-refractivity contribution in [3.05, 3.63) is 35.4 Å². The zero-order chi connectivity index (χ0) is 23.8. The third-order valence-corrected chi connectivity index (χ3v) is 6.96. The van der Waals surface area contributed by atoms with Gasteiger partial charge in [-0.2, -0.15) is 5.26 Å². The molecule has 0 spiro atoms. The summed E-state index contributed by atoms with van der Waals surface area (Å²) in [5, 5.41) is 12.3. The number of hydrogen-bond donors (Lipinski definition) is 1. The van der Waals surface area contributed by atoms with Crippen LogP contribution in [0.15, 0.2) is 24.3 Å². The number of ether oxygens (including phenoxy) is 1. The molecule has 0 radical (unpaired) electrons. The van der Waals surface area contributed by atoms with Crippen LogP contribution in [0.1, 0.15) is 70.4 Å². The molecule has 7 nitrogen and oxygen atoms in total. The summed E-state index contributed by atoms with van der Waals surface area (Å²) in [7, 11) is 0. The zero-order valence-corrected chi connectivity index (χ0v) is 19.7. The number of benzene rings is 1. The molecule has 2 fully saturated rings. The van der Waals surface area contributed by atoms with Crippen LogP contribution in [0.3, 0.4) is 0 Å². The van der Waals surface area contributed by atoms with Crippen LogP contribution < -0.4 is 5.32 Å². The molecule has 0 aromatic heterocycles. The van der Waals surface area contributed by atoms with Crippen molar-refractivity contribution in [2.45, 2.75) is 89.4 Å². The number of nitrogens with one attached hydrogen (secondary N) is 1. The first-order valence-corrected chi connectivity index (χ1v) is 12.0. The molecule has 0 bridgehead atoms. The minimum Gasteiger partial charge on any atom is -0.458 e. The smallest absolute Gasteiger partial charge is 0.329 e. The highest BCUT2D eigenvalue weighted by molar-refractivity contribution is 5.91. The van der Waals surface area contributed by atoms with Crippen LogP contribution in [0, 0.1) is 23.2 Å². The predicted octanol–water partition coefficient (Wildman–Crippen LogP) is 3.26. The number of rotatable bonds is 4. The molecule has 33 heavy (non-hydrogen) atoms. The molecule has 7 heteroatoms. The van der Waals surface area contributed by atoms with Crippen LogP contribution in [-0.2, 0) is 32.1 Å². The van der Waals surface area contributed by atoms with Crippen LogP contribution in [0.25, 0.3) is 0 Å². The lowest BCUT2D eigenvalue weighted by atomic mass is 9.77. The van der Waals surface area contributed by atoms with Gasteiger partial charge in [-0.25, -0.2) is 4.79 Å². The van der Waals surface area contributed by atoms with E-state index in [0.717, 1.165) is 24.0 Å². The fourth-order valence-electron chi connectivity index (χ4n) is 5.01. The Bertz CT molecular complexity index is 986. The molecule has 1 heterocycles. The Morgan fingerprint density at radius 3 is 2.33 bits per heavy atom. The quantitative estimate of drug-likeness (QED) is 0.709. The van der Waals surface area contributed by atoms with E-state index in [-0.39, 0.29) is 11.8 Å². The Kier molecular flexibility index (Phi) is 6.22. The number of carbonyl (C=O) groups excluding carboxylic acids is 3. The van der Waals surface area contributed by atoms with E-state index < -0.39 is 35.0 Å². The second-order valence-corrected chi connectivity index (χ2v) is 10.7. The summed E-state index contributed by atoms with van der Waals surface area (Å²) in [5.74, 6) is -1.76. The molecule has 2 aliphatic carbocycles. The molecule has 1 N–H and O–H groups in total. The number of fused-ring (bicyclic) bond motifs is 1. The molecule has 1 aromatic carbocycles. The number of nitrogens with zero attached hydrogens (tertiary/aromatic N) is 2. The first-order chi connectivity index (χ1) is 15.6. The van der Waals surface area contributed by atoms with Gasteiger partial charge in [0.2, 0.25) is 11.8 Å². The van der Waals surface area contributed by atoms with Crippen LogP contribution in [0.5, 0.6) is 0 Å². The molecular weight excluding hydrogens is 418 g/mol. The largest absolute Gasteiger partial charge is 0.458 e. The van der Waals surface area contributed by atoms with Gasteiger partial charge in [-0.15, -0.1) is 0 Å². The van der Waals surface area contributed by atoms with Crippen LogP contribution in [0.2, 0.25) is 0 Å². The Hall–Kier alpha value is -2.88. The highest BCUT2D eigenvalue weighted by Gasteiger charge is 2.48. The Morgan fingerprint density at radius 2 is 1.73 bits per heavy atom. The van der Waals surface area contributed by atoms with E-state index in [9.17, 15) is 19.6 Å². The van der Waals surface area contributed by atoms with Crippen molar-refractivity contribution in [3.8, 4) is 6.07 Å². The van der Waals surface area contributed by atoms with Crippen molar-refractivity contribution in [1.82, 2.24) is 10.2 Å². The zero-order valence-electron chi connectivity index (χ0n) is 19.7. The monoisotopic (exact) mass is 451 g/mol. The minimum atomic E-state index is -0.759. The average Bonchev–Trinajstić information content (AvgIpc) is 3.56. The van der Waals surface area contributed by atoms with Gasteiger partial charge in [-0.3, -0.25) is 9.59 Å². The van der Waals surface area contributed by atoms with E-state index in [4.69, 9.17) is 4.74 Å². The van der Waals surface area contributed by atoms with Crippen LogP contribution in [-0.4, -0.2) is 39.9 Å². The summed E-state index contributed by atoms with van der Waals surface area (Å²) in [5.41, 5.74) is 0.640. The van der Waals surface area contributed by atoms with Crippen LogP contribution >= 0.6 is 0 Å². The van der Waals surface area contributed by atoms with Gasteiger partial charge >= 0.3 is 5.97 Å². The van der Waals surface area contributed by atoms with E-state index in [0.29, 0.717) is 38.6 Å². The van der Waals surface area contributed by atoms with Crippen molar-refractivity contribution in [2.24, 2.45) is 11.8 Å². The van der Waals surface area contributed by atoms with Gasteiger partial charge in [0.05, 0.1) is 6.07 Å². The maximum Gasteiger partial charge on any atom is 0.329 e. The number of carbonyl (C=O) groups is 3. The highest BCUT2D eigenvalue weighted by atomic mass is 16.6.